The maximum absolute atomic E-state index is 10.8. The third-order valence-corrected chi connectivity index (χ3v) is 2.81. The van der Waals surface area contributed by atoms with Gasteiger partial charge in [-0.3, -0.25) is 0 Å². The minimum absolute atomic E-state index is 0.144. The van der Waals surface area contributed by atoms with Gasteiger partial charge in [-0.05, 0) is 43.7 Å². The average molecular weight is 257 g/mol. The van der Waals surface area contributed by atoms with Gasteiger partial charge in [-0.2, -0.15) is 0 Å². The standard InChI is InChI=1S/C15H15NO3/c1-9-3-5-13(10(2)7-9)19-14-6-4-11(15(17)18)8-12(14)16/h3-8H,16H2,1-2H3,(H,17,18). The van der Waals surface area contributed by atoms with Gasteiger partial charge in [0, 0.05) is 0 Å². The van der Waals surface area contributed by atoms with E-state index in [0.29, 0.717) is 17.2 Å². The first-order chi connectivity index (χ1) is 8.97. The van der Waals surface area contributed by atoms with Crippen molar-refractivity contribution in [2.75, 3.05) is 5.73 Å². The van der Waals surface area contributed by atoms with Crippen LogP contribution in [0.1, 0.15) is 21.5 Å². The van der Waals surface area contributed by atoms with Crippen molar-refractivity contribution in [2.24, 2.45) is 0 Å². The topological polar surface area (TPSA) is 72.5 Å². The van der Waals surface area contributed by atoms with Crippen LogP contribution < -0.4 is 10.5 Å². The summed E-state index contributed by atoms with van der Waals surface area (Å²) >= 11 is 0. The summed E-state index contributed by atoms with van der Waals surface area (Å²) in [4.78, 5) is 10.8. The summed E-state index contributed by atoms with van der Waals surface area (Å²) in [6.07, 6.45) is 0. The van der Waals surface area contributed by atoms with Gasteiger partial charge in [0.15, 0.2) is 0 Å². The number of anilines is 1. The van der Waals surface area contributed by atoms with Crippen LogP contribution in [0, 0.1) is 13.8 Å². The summed E-state index contributed by atoms with van der Waals surface area (Å²) in [6, 6.07) is 10.3. The highest BCUT2D eigenvalue weighted by molar-refractivity contribution is 5.89. The van der Waals surface area contributed by atoms with Crippen molar-refractivity contribution in [3.63, 3.8) is 0 Å². The van der Waals surface area contributed by atoms with Gasteiger partial charge in [0.25, 0.3) is 0 Å². The van der Waals surface area contributed by atoms with Crippen molar-refractivity contribution in [1.29, 1.82) is 0 Å². The normalized spacial score (nSPS) is 10.2. The van der Waals surface area contributed by atoms with Gasteiger partial charge in [-0.15, -0.1) is 0 Å². The van der Waals surface area contributed by atoms with Gasteiger partial charge in [-0.1, -0.05) is 17.7 Å². The van der Waals surface area contributed by atoms with Crippen LogP contribution in [-0.4, -0.2) is 11.1 Å². The third-order valence-electron chi connectivity index (χ3n) is 2.81. The van der Waals surface area contributed by atoms with Crippen LogP contribution in [0.15, 0.2) is 36.4 Å². The molecular weight excluding hydrogens is 242 g/mol. The zero-order valence-corrected chi connectivity index (χ0v) is 10.8. The lowest BCUT2D eigenvalue weighted by Gasteiger charge is -2.11. The Morgan fingerprint density at radius 3 is 2.37 bits per heavy atom. The third kappa shape index (κ3) is 2.85. The molecule has 0 saturated carbocycles. The van der Waals surface area contributed by atoms with E-state index in [4.69, 9.17) is 15.6 Å². The number of carboxylic acid groups (broad SMARTS) is 1. The first-order valence-electron chi connectivity index (χ1n) is 5.85. The van der Waals surface area contributed by atoms with Crippen molar-refractivity contribution in [3.8, 4) is 11.5 Å². The smallest absolute Gasteiger partial charge is 0.335 e. The van der Waals surface area contributed by atoms with Gasteiger partial charge in [-0.25, -0.2) is 4.79 Å². The van der Waals surface area contributed by atoms with E-state index < -0.39 is 5.97 Å². The first kappa shape index (κ1) is 13.0. The Morgan fingerprint density at radius 2 is 1.79 bits per heavy atom. The summed E-state index contributed by atoms with van der Waals surface area (Å²) < 4.78 is 5.71. The molecule has 0 aromatic heterocycles. The minimum Gasteiger partial charge on any atom is -0.478 e. The summed E-state index contributed by atoms with van der Waals surface area (Å²) in [5, 5.41) is 8.87. The van der Waals surface area contributed by atoms with E-state index in [9.17, 15) is 4.79 Å². The number of carboxylic acids is 1. The average Bonchev–Trinajstić information content (AvgIpc) is 2.34. The zero-order chi connectivity index (χ0) is 14.0. The molecule has 0 aliphatic carbocycles. The van der Waals surface area contributed by atoms with Crippen molar-refractivity contribution in [1.82, 2.24) is 0 Å². The predicted molar refractivity (Wildman–Crippen MR) is 73.8 cm³/mol. The van der Waals surface area contributed by atoms with Crippen LogP contribution in [0.2, 0.25) is 0 Å². The molecule has 2 aromatic rings. The number of nitrogen functional groups attached to an aromatic ring is 1. The lowest BCUT2D eigenvalue weighted by molar-refractivity contribution is 0.0697. The van der Waals surface area contributed by atoms with Gasteiger partial charge in [0.1, 0.15) is 11.5 Å². The van der Waals surface area contributed by atoms with Crippen LogP contribution in [0.25, 0.3) is 0 Å². The summed E-state index contributed by atoms with van der Waals surface area (Å²) in [6.45, 7) is 3.96. The second-order valence-electron chi connectivity index (χ2n) is 4.43. The number of benzene rings is 2. The molecule has 0 atom stereocenters. The van der Waals surface area contributed by atoms with E-state index in [1.807, 2.05) is 32.0 Å². The van der Waals surface area contributed by atoms with E-state index in [1.54, 1.807) is 6.07 Å². The molecule has 0 heterocycles. The largest absolute Gasteiger partial charge is 0.478 e. The number of hydrogen-bond donors (Lipinski definition) is 2. The molecule has 0 aliphatic rings. The number of aryl methyl sites for hydroxylation is 2. The Kier molecular flexibility index (Phi) is 3.42. The fourth-order valence-electron chi connectivity index (χ4n) is 1.81. The van der Waals surface area contributed by atoms with Crippen LogP contribution >= 0.6 is 0 Å². The maximum Gasteiger partial charge on any atom is 0.335 e. The Morgan fingerprint density at radius 1 is 1.11 bits per heavy atom. The van der Waals surface area contributed by atoms with E-state index in [1.165, 1.54) is 12.1 Å². The van der Waals surface area contributed by atoms with Crippen molar-refractivity contribution in [3.05, 3.63) is 53.1 Å². The molecule has 98 valence electrons. The maximum atomic E-state index is 10.8. The number of ether oxygens (including phenoxy) is 1. The van der Waals surface area contributed by atoms with Crippen molar-refractivity contribution >= 4 is 11.7 Å². The molecule has 0 fully saturated rings. The molecule has 19 heavy (non-hydrogen) atoms. The van der Waals surface area contributed by atoms with E-state index in [2.05, 4.69) is 0 Å². The Bertz CT molecular complexity index is 635. The fraction of sp³-hybridized carbons (Fsp3) is 0.133. The number of hydrogen-bond acceptors (Lipinski definition) is 3. The molecule has 0 amide bonds. The van der Waals surface area contributed by atoms with E-state index in [0.717, 1.165) is 11.1 Å². The molecule has 0 spiro atoms. The van der Waals surface area contributed by atoms with Gasteiger partial charge < -0.3 is 15.6 Å². The van der Waals surface area contributed by atoms with Gasteiger partial charge in [0.05, 0.1) is 11.3 Å². The summed E-state index contributed by atoms with van der Waals surface area (Å²) in [5.41, 5.74) is 8.40. The molecule has 0 saturated heterocycles. The van der Waals surface area contributed by atoms with Crippen LogP contribution in [0.3, 0.4) is 0 Å². The number of rotatable bonds is 3. The highest BCUT2D eigenvalue weighted by Crippen LogP contribution is 2.30. The molecule has 2 rings (SSSR count). The second kappa shape index (κ2) is 5.02. The molecule has 0 bridgehead atoms. The lowest BCUT2D eigenvalue weighted by Crippen LogP contribution is -1.99. The highest BCUT2D eigenvalue weighted by Gasteiger charge is 2.09. The first-order valence-corrected chi connectivity index (χ1v) is 5.85. The molecule has 4 nitrogen and oxygen atoms in total. The Balaban J connectivity index is 2.31. The molecule has 0 aliphatic heterocycles. The summed E-state index contributed by atoms with van der Waals surface area (Å²) in [5.74, 6) is 0.155. The molecule has 2 aromatic carbocycles. The van der Waals surface area contributed by atoms with Crippen LogP contribution in [0.4, 0.5) is 5.69 Å². The fourth-order valence-corrected chi connectivity index (χ4v) is 1.81. The lowest BCUT2D eigenvalue weighted by atomic mass is 10.1. The van der Waals surface area contributed by atoms with Gasteiger partial charge in [0.2, 0.25) is 0 Å². The molecule has 3 N–H and O–H groups in total. The summed E-state index contributed by atoms with van der Waals surface area (Å²) in [7, 11) is 0. The van der Waals surface area contributed by atoms with Crippen molar-refractivity contribution in [2.45, 2.75) is 13.8 Å². The monoisotopic (exact) mass is 257 g/mol. The quantitative estimate of drug-likeness (QED) is 0.827. The highest BCUT2D eigenvalue weighted by atomic mass is 16.5. The van der Waals surface area contributed by atoms with Gasteiger partial charge >= 0.3 is 5.97 Å². The zero-order valence-electron chi connectivity index (χ0n) is 10.8. The predicted octanol–water partition coefficient (Wildman–Crippen LogP) is 3.38. The van der Waals surface area contributed by atoms with Crippen LogP contribution in [0.5, 0.6) is 11.5 Å². The Labute approximate surface area is 111 Å². The van der Waals surface area contributed by atoms with E-state index in [-0.39, 0.29) is 5.56 Å². The van der Waals surface area contributed by atoms with E-state index >= 15 is 0 Å². The molecule has 4 heteroatoms. The minimum atomic E-state index is -1.01. The molecular formula is C15H15NO3. The number of nitrogens with two attached hydrogens (primary N) is 1. The van der Waals surface area contributed by atoms with Crippen LogP contribution in [-0.2, 0) is 0 Å². The number of carbonyl (C=O) groups is 1. The Hall–Kier alpha value is -2.49. The molecule has 0 radical (unpaired) electrons. The SMILES string of the molecule is Cc1ccc(Oc2ccc(C(=O)O)cc2N)c(C)c1. The number of aromatic carboxylic acids is 1. The second-order valence-corrected chi connectivity index (χ2v) is 4.43. The van der Waals surface area contributed by atoms with Crippen molar-refractivity contribution < 1.29 is 14.6 Å². The molecule has 0 unspecified atom stereocenters.